The van der Waals surface area contributed by atoms with Crippen molar-refractivity contribution in [2.24, 2.45) is 0 Å². The number of nitrogens with zero attached hydrogens (tertiary/aromatic N) is 3. The van der Waals surface area contributed by atoms with E-state index in [0.717, 1.165) is 17.0 Å². The van der Waals surface area contributed by atoms with Crippen molar-refractivity contribution in [2.75, 3.05) is 12.4 Å². The number of aromatic nitrogens is 4. The number of phenolic OH excluding ortho intramolecular Hbond substituents is 1. The minimum atomic E-state index is -0.250. The zero-order valence-corrected chi connectivity index (χ0v) is 14.5. The van der Waals surface area contributed by atoms with Crippen LogP contribution in [0.3, 0.4) is 0 Å². The number of methoxy groups -OCH3 is 1. The Labute approximate surface area is 154 Å². The number of nitrogens with one attached hydrogen (secondary N) is 2. The maximum absolute atomic E-state index is 12.4. The Balaban J connectivity index is 1.61. The Kier molecular flexibility index (Phi) is 4.21. The normalized spacial score (nSPS) is 10.9. The van der Waals surface area contributed by atoms with Gasteiger partial charge >= 0.3 is 0 Å². The molecule has 136 valence electrons. The van der Waals surface area contributed by atoms with Crippen LogP contribution in [0.1, 0.15) is 5.69 Å². The molecule has 0 saturated carbocycles. The van der Waals surface area contributed by atoms with Crippen molar-refractivity contribution in [1.29, 1.82) is 0 Å². The van der Waals surface area contributed by atoms with E-state index in [4.69, 9.17) is 4.74 Å². The van der Waals surface area contributed by atoms with Crippen molar-refractivity contribution in [3.8, 4) is 22.9 Å². The van der Waals surface area contributed by atoms with Crippen LogP contribution in [0.5, 0.6) is 11.5 Å². The lowest BCUT2D eigenvalue weighted by Gasteiger charge is -2.05. The largest absolute Gasteiger partial charge is 0.508 e. The molecule has 2 aromatic heterocycles. The van der Waals surface area contributed by atoms with Gasteiger partial charge in [-0.25, -0.2) is 4.98 Å². The number of aromatic hydroxyl groups is 1. The predicted octanol–water partition coefficient (Wildman–Crippen LogP) is 2.41. The number of phenols is 1. The molecule has 4 rings (SSSR count). The summed E-state index contributed by atoms with van der Waals surface area (Å²) in [4.78, 5) is 21.2. The number of benzene rings is 2. The van der Waals surface area contributed by atoms with Crippen molar-refractivity contribution >= 4 is 11.5 Å². The number of rotatable bonds is 5. The lowest BCUT2D eigenvalue weighted by Crippen LogP contribution is -2.17. The number of hydrogen-bond donors (Lipinski definition) is 3. The van der Waals surface area contributed by atoms with E-state index in [1.165, 1.54) is 10.6 Å². The van der Waals surface area contributed by atoms with Gasteiger partial charge in [0.05, 0.1) is 19.3 Å². The summed E-state index contributed by atoms with van der Waals surface area (Å²) in [6.07, 6.45) is 0. The molecule has 0 amide bonds. The fraction of sp³-hybridized carbons (Fsp3) is 0.105. The van der Waals surface area contributed by atoms with Crippen LogP contribution in [-0.2, 0) is 6.54 Å². The van der Waals surface area contributed by atoms with Gasteiger partial charge in [-0.15, -0.1) is 0 Å². The van der Waals surface area contributed by atoms with E-state index in [9.17, 15) is 9.90 Å². The van der Waals surface area contributed by atoms with Crippen LogP contribution < -0.4 is 15.6 Å². The Morgan fingerprint density at radius 2 is 1.96 bits per heavy atom. The molecular weight excluding hydrogens is 346 g/mol. The van der Waals surface area contributed by atoms with Gasteiger partial charge in [-0.1, -0.05) is 6.07 Å². The van der Waals surface area contributed by atoms with Crippen molar-refractivity contribution in [3.05, 3.63) is 70.6 Å². The van der Waals surface area contributed by atoms with E-state index >= 15 is 0 Å². The smallest absolute Gasteiger partial charge is 0.274 e. The molecule has 8 nitrogen and oxygen atoms in total. The molecule has 0 spiro atoms. The minimum Gasteiger partial charge on any atom is -0.508 e. The highest BCUT2D eigenvalue weighted by atomic mass is 16.5. The van der Waals surface area contributed by atoms with Gasteiger partial charge < -0.3 is 15.2 Å². The molecule has 0 unspecified atom stereocenters. The summed E-state index contributed by atoms with van der Waals surface area (Å²) >= 11 is 0. The highest BCUT2D eigenvalue weighted by molar-refractivity contribution is 5.58. The SMILES string of the molecule is COc1ccc(-c2nc3nc(CNc4cccc(O)c4)cc(=O)n3[nH]2)cc1. The Morgan fingerprint density at radius 1 is 1.15 bits per heavy atom. The molecule has 0 saturated heterocycles. The van der Waals surface area contributed by atoms with Crippen LogP contribution in [-0.4, -0.2) is 31.8 Å². The van der Waals surface area contributed by atoms with Crippen LogP contribution in [0, 0.1) is 0 Å². The molecule has 8 heteroatoms. The van der Waals surface area contributed by atoms with Crippen LogP contribution in [0.4, 0.5) is 5.69 Å². The highest BCUT2D eigenvalue weighted by Gasteiger charge is 2.10. The van der Waals surface area contributed by atoms with Gasteiger partial charge in [0.1, 0.15) is 11.5 Å². The summed E-state index contributed by atoms with van der Waals surface area (Å²) in [5, 5.41) is 15.6. The fourth-order valence-corrected chi connectivity index (χ4v) is 2.70. The third-order valence-corrected chi connectivity index (χ3v) is 4.07. The number of anilines is 1. The van der Waals surface area contributed by atoms with Gasteiger partial charge in [-0.05, 0) is 36.4 Å². The Bertz CT molecular complexity index is 1150. The summed E-state index contributed by atoms with van der Waals surface area (Å²) < 4.78 is 6.45. The number of hydrogen-bond acceptors (Lipinski definition) is 6. The third-order valence-electron chi connectivity index (χ3n) is 4.07. The molecule has 0 aliphatic rings. The molecule has 27 heavy (non-hydrogen) atoms. The first-order valence-corrected chi connectivity index (χ1v) is 8.28. The molecule has 0 aliphatic carbocycles. The van der Waals surface area contributed by atoms with Crippen molar-refractivity contribution in [2.45, 2.75) is 6.54 Å². The van der Waals surface area contributed by atoms with Crippen molar-refractivity contribution < 1.29 is 9.84 Å². The van der Waals surface area contributed by atoms with E-state index in [2.05, 4.69) is 20.4 Å². The summed E-state index contributed by atoms with van der Waals surface area (Å²) in [6, 6.07) is 15.5. The number of ether oxygens (including phenoxy) is 1. The monoisotopic (exact) mass is 363 g/mol. The van der Waals surface area contributed by atoms with Gasteiger partial charge in [0.25, 0.3) is 11.3 Å². The highest BCUT2D eigenvalue weighted by Crippen LogP contribution is 2.19. The lowest BCUT2D eigenvalue weighted by atomic mass is 10.2. The number of H-pyrrole nitrogens is 1. The zero-order chi connectivity index (χ0) is 18.8. The maximum Gasteiger partial charge on any atom is 0.274 e. The molecule has 2 aromatic carbocycles. The number of aromatic amines is 1. The molecule has 2 heterocycles. The first-order chi connectivity index (χ1) is 13.1. The molecule has 0 radical (unpaired) electrons. The second-order valence-electron chi connectivity index (χ2n) is 5.93. The van der Waals surface area contributed by atoms with Gasteiger partial charge in [-0.2, -0.15) is 9.50 Å². The van der Waals surface area contributed by atoms with E-state index < -0.39 is 0 Å². The quantitative estimate of drug-likeness (QED) is 0.503. The second kappa shape index (κ2) is 6.83. The van der Waals surface area contributed by atoms with Crippen LogP contribution >= 0.6 is 0 Å². The fourth-order valence-electron chi connectivity index (χ4n) is 2.70. The first kappa shape index (κ1) is 16.6. The van der Waals surface area contributed by atoms with Gasteiger partial charge in [0.15, 0.2) is 5.82 Å². The second-order valence-corrected chi connectivity index (χ2v) is 5.93. The topological polar surface area (TPSA) is 105 Å². The predicted molar refractivity (Wildman–Crippen MR) is 101 cm³/mol. The molecule has 4 aromatic rings. The molecule has 0 atom stereocenters. The van der Waals surface area contributed by atoms with Crippen LogP contribution in [0.2, 0.25) is 0 Å². The third kappa shape index (κ3) is 3.45. The van der Waals surface area contributed by atoms with Crippen molar-refractivity contribution in [3.63, 3.8) is 0 Å². The molecule has 3 N–H and O–H groups in total. The average molecular weight is 363 g/mol. The Morgan fingerprint density at radius 3 is 2.70 bits per heavy atom. The van der Waals surface area contributed by atoms with Gasteiger partial charge in [0.2, 0.25) is 0 Å². The summed E-state index contributed by atoms with van der Waals surface area (Å²) in [5.74, 6) is 1.74. The zero-order valence-electron chi connectivity index (χ0n) is 14.5. The van der Waals surface area contributed by atoms with E-state index in [-0.39, 0.29) is 11.3 Å². The molecular formula is C19H17N5O3. The average Bonchev–Trinajstić information content (AvgIpc) is 3.11. The van der Waals surface area contributed by atoms with E-state index in [1.807, 2.05) is 30.3 Å². The summed E-state index contributed by atoms with van der Waals surface area (Å²) in [7, 11) is 1.60. The first-order valence-electron chi connectivity index (χ1n) is 8.28. The number of fused-ring (bicyclic) bond motifs is 1. The van der Waals surface area contributed by atoms with Crippen LogP contribution in [0.15, 0.2) is 59.4 Å². The summed E-state index contributed by atoms with van der Waals surface area (Å²) in [6.45, 7) is 0.333. The standard InChI is InChI=1S/C19H17N5O3/c1-27-16-7-5-12(6-8-16)18-22-19-21-14(10-17(26)24(19)23-18)11-20-13-3-2-4-15(25)9-13/h2-10,20,25H,11H2,1H3,(H,21,22,23). The molecule has 0 aliphatic heterocycles. The van der Waals surface area contributed by atoms with Crippen molar-refractivity contribution in [1.82, 2.24) is 19.6 Å². The molecule has 0 fully saturated rings. The summed E-state index contributed by atoms with van der Waals surface area (Å²) in [5.41, 5.74) is 1.86. The molecule has 0 bridgehead atoms. The Hall–Kier alpha value is -3.81. The van der Waals surface area contributed by atoms with E-state index in [1.54, 1.807) is 25.3 Å². The lowest BCUT2D eigenvalue weighted by molar-refractivity contribution is 0.415. The van der Waals surface area contributed by atoms with E-state index in [0.29, 0.717) is 23.8 Å². The maximum atomic E-state index is 12.4. The van der Waals surface area contributed by atoms with Gasteiger partial charge in [-0.3, -0.25) is 9.89 Å². The minimum absolute atomic E-state index is 0.167. The van der Waals surface area contributed by atoms with Gasteiger partial charge in [0, 0.05) is 23.4 Å². The van der Waals surface area contributed by atoms with Crippen LogP contribution in [0.25, 0.3) is 17.2 Å².